The highest BCUT2D eigenvalue weighted by molar-refractivity contribution is 6.21. The summed E-state index contributed by atoms with van der Waals surface area (Å²) in [5, 5.41) is 6.26. The number of carbonyl (C=O) groups excluding carboxylic acids is 3. The highest BCUT2D eigenvalue weighted by Crippen LogP contribution is 2.23. The van der Waals surface area contributed by atoms with Crippen LogP contribution >= 0.6 is 12.4 Å². The zero-order chi connectivity index (χ0) is 15.9. The monoisotopic (exact) mass is 337 g/mol. The van der Waals surface area contributed by atoms with Gasteiger partial charge in [-0.25, -0.2) is 0 Å². The standard InChI is InChI=1S/C16H19N3O3.ClH/c1-9-5-6-17-8-13(9)18-14(20)10-3-4-11-12(7-10)16(22)19(2)15(11)21;/h3-4,7,9,13,17H,5-6,8H2,1-2H3,(H,18,20);1H. The van der Waals surface area contributed by atoms with E-state index >= 15 is 0 Å². The fourth-order valence-corrected chi connectivity index (χ4v) is 2.94. The van der Waals surface area contributed by atoms with Gasteiger partial charge in [0.1, 0.15) is 0 Å². The molecule has 2 unspecified atom stereocenters. The van der Waals surface area contributed by atoms with Crippen molar-refractivity contribution in [2.45, 2.75) is 19.4 Å². The van der Waals surface area contributed by atoms with Gasteiger partial charge in [0.15, 0.2) is 0 Å². The molecular weight excluding hydrogens is 318 g/mol. The van der Waals surface area contributed by atoms with Crippen LogP contribution in [0, 0.1) is 5.92 Å². The number of piperidine rings is 1. The predicted octanol–water partition coefficient (Wildman–Crippen LogP) is 1.06. The molecule has 0 bridgehead atoms. The molecule has 1 saturated heterocycles. The van der Waals surface area contributed by atoms with Crippen molar-refractivity contribution in [3.05, 3.63) is 34.9 Å². The molecule has 0 aromatic heterocycles. The second-order valence-electron chi connectivity index (χ2n) is 5.98. The number of amides is 3. The average Bonchev–Trinajstić information content (AvgIpc) is 2.74. The first-order chi connectivity index (χ1) is 10.5. The number of hydrogen-bond acceptors (Lipinski definition) is 4. The molecule has 1 fully saturated rings. The van der Waals surface area contributed by atoms with E-state index in [1.807, 2.05) is 0 Å². The smallest absolute Gasteiger partial charge is 0.261 e. The van der Waals surface area contributed by atoms with Gasteiger partial charge in [0.25, 0.3) is 17.7 Å². The van der Waals surface area contributed by atoms with Crippen LogP contribution in [-0.2, 0) is 0 Å². The summed E-state index contributed by atoms with van der Waals surface area (Å²) in [6.45, 7) is 3.83. The van der Waals surface area contributed by atoms with E-state index in [1.165, 1.54) is 13.1 Å². The van der Waals surface area contributed by atoms with Gasteiger partial charge < -0.3 is 10.6 Å². The molecule has 1 aromatic rings. The molecule has 2 atom stereocenters. The summed E-state index contributed by atoms with van der Waals surface area (Å²) < 4.78 is 0. The highest BCUT2D eigenvalue weighted by Gasteiger charge is 2.33. The van der Waals surface area contributed by atoms with Crippen LogP contribution in [0.4, 0.5) is 0 Å². The van der Waals surface area contributed by atoms with Crippen LogP contribution in [0.15, 0.2) is 18.2 Å². The minimum atomic E-state index is -0.359. The van der Waals surface area contributed by atoms with Crippen molar-refractivity contribution in [3.8, 4) is 0 Å². The maximum atomic E-state index is 12.4. The lowest BCUT2D eigenvalue weighted by Gasteiger charge is -2.30. The van der Waals surface area contributed by atoms with E-state index in [1.54, 1.807) is 12.1 Å². The lowest BCUT2D eigenvalue weighted by molar-refractivity contribution is 0.0693. The predicted molar refractivity (Wildman–Crippen MR) is 88.0 cm³/mol. The first-order valence-electron chi connectivity index (χ1n) is 7.47. The fourth-order valence-electron chi connectivity index (χ4n) is 2.94. The van der Waals surface area contributed by atoms with Gasteiger partial charge >= 0.3 is 0 Å². The summed E-state index contributed by atoms with van der Waals surface area (Å²) >= 11 is 0. The molecule has 0 aliphatic carbocycles. The van der Waals surface area contributed by atoms with Gasteiger partial charge in [-0.3, -0.25) is 19.3 Å². The Hall–Kier alpha value is -1.92. The van der Waals surface area contributed by atoms with Gasteiger partial charge in [0.2, 0.25) is 0 Å². The third-order valence-corrected chi connectivity index (χ3v) is 4.50. The Balaban J connectivity index is 0.00000192. The molecule has 2 heterocycles. The Morgan fingerprint density at radius 1 is 1.26 bits per heavy atom. The van der Waals surface area contributed by atoms with Crippen molar-refractivity contribution >= 4 is 30.1 Å². The Bertz CT molecular complexity index is 662. The summed E-state index contributed by atoms with van der Waals surface area (Å²) in [5.74, 6) is -0.480. The van der Waals surface area contributed by atoms with Gasteiger partial charge in [0, 0.05) is 25.2 Å². The van der Waals surface area contributed by atoms with Gasteiger partial charge in [-0.15, -0.1) is 12.4 Å². The number of carbonyl (C=O) groups is 3. The molecular formula is C16H20ClN3O3. The molecule has 2 N–H and O–H groups in total. The molecule has 124 valence electrons. The van der Waals surface area contributed by atoms with Crippen molar-refractivity contribution in [1.29, 1.82) is 0 Å². The topological polar surface area (TPSA) is 78.5 Å². The number of rotatable bonds is 2. The lowest BCUT2D eigenvalue weighted by atomic mass is 9.94. The third-order valence-electron chi connectivity index (χ3n) is 4.50. The largest absolute Gasteiger partial charge is 0.348 e. The molecule has 0 radical (unpaired) electrons. The molecule has 2 aliphatic heterocycles. The Labute approximate surface area is 141 Å². The zero-order valence-electron chi connectivity index (χ0n) is 13.1. The number of nitrogens with zero attached hydrogens (tertiary/aromatic N) is 1. The molecule has 3 rings (SSSR count). The molecule has 0 saturated carbocycles. The summed E-state index contributed by atoms with van der Waals surface area (Å²) in [6, 6.07) is 4.74. The van der Waals surface area contributed by atoms with Crippen molar-refractivity contribution in [1.82, 2.24) is 15.5 Å². The number of hydrogen-bond donors (Lipinski definition) is 2. The lowest BCUT2D eigenvalue weighted by Crippen LogP contribution is -2.50. The second-order valence-corrected chi connectivity index (χ2v) is 5.98. The van der Waals surface area contributed by atoms with Crippen LogP contribution in [0.25, 0.3) is 0 Å². The Morgan fingerprint density at radius 2 is 1.96 bits per heavy atom. The molecule has 7 heteroatoms. The van der Waals surface area contributed by atoms with Gasteiger partial charge in [-0.05, 0) is 37.1 Å². The molecule has 1 aromatic carbocycles. The minimum Gasteiger partial charge on any atom is -0.348 e. The van der Waals surface area contributed by atoms with Crippen LogP contribution in [0.2, 0.25) is 0 Å². The Morgan fingerprint density at radius 3 is 2.65 bits per heavy atom. The van der Waals surface area contributed by atoms with Gasteiger partial charge in [-0.2, -0.15) is 0 Å². The third kappa shape index (κ3) is 3.09. The van der Waals surface area contributed by atoms with Crippen LogP contribution < -0.4 is 10.6 Å². The summed E-state index contributed by atoms with van der Waals surface area (Å²) in [6.07, 6.45) is 1.02. The molecule has 3 amide bonds. The number of fused-ring (bicyclic) bond motifs is 1. The summed E-state index contributed by atoms with van der Waals surface area (Å²) in [5.41, 5.74) is 1.07. The van der Waals surface area contributed by atoms with Crippen LogP contribution in [0.5, 0.6) is 0 Å². The van der Waals surface area contributed by atoms with Gasteiger partial charge in [0.05, 0.1) is 11.1 Å². The maximum absolute atomic E-state index is 12.4. The van der Waals surface area contributed by atoms with E-state index < -0.39 is 0 Å². The van der Waals surface area contributed by atoms with E-state index in [9.17, 15) is 14.4 Å². The van der Waals surface area contributed by atoms with E-state index in [0.29, 0.717) is 22.6 Å². The summed E-state index contributed by atoms with van der Waals surface area (Å²) in [7, 11) is 1.44. The number of halogens is 1. The quantitative estimate of drug-likeness (QED) is 0.791. The van der Waals surface area contributed by atoms with Crippen LogP contribution in [-0.4, -0.2) is 48.8 Å². The van der Waals surface area contributed by atoms with Crippen molar-refractivity contribution in [2.75, 3.05) is 20.1 Å². The van der Waals surface area contributed by atoms with Crippen molar-refractivity contribution in [2.24, 2.45) is 5.92 Å². The average molecular weight is 338 g/mol. The van der Waals surface area contributed by atoms with Crippen LogP contribution in [0.1, 0.15) is 44.4 Å². The van der Waals surface area contributed by atoms with E-state index in [-0.39, 0.29) is 36.2 Å². The first-order valence-corrected chi connectivity index (χ1v) is 7.47. The maximum Gasteiger partial charge on any atom is 0.261 e. The van der Waals surface area contributed by atoms with Gasteiger partial charge in [-0.1, -0.05) is 6.92 Å². The molecule has 6 nitrogen and oxygen atoms in total. The van der Waals surface area contributed by atoms with E-state index in [2.05, 4.69) is 17.6 Å². The first kappa shape index (κ1) is 17.4. The number of benzene rings is 1. The summed E-state index contributed by atoms with van der Waals surface area (Å²) in [4.78, 5) is 37.3. The number of imide groups is 1. The minimum absolute atomic E-state index is 0. The SMILES string of the molecule is CC1CCNCC1NC(=O)c1ccc2c(c1)C(=O)N(C)C2=O.Cl. The molecule has 23 heavy (non-hydrogen) atoms. The number of nitrogens with one attached hydrogen (secondary N) is 2. The van der Waals surface area contributed by atoms with E-state index in [4.69, 9.17) is 0 Å². The fraction of sp³-hybridized carbons (Fsp3) is 0.438. The van der Waals surface area contributed by atoms with E-state index in [0.717, 1.165) is 24.4 Å². The normalized spacial score (nSPS) is 23.3. The second kappa shape index (κ2) is 6.68. The highest BCUT2D eigenvalue weighted by atomic mass is 35.5. The van der Waals surface area contributed by atoms with Crippen LogP contribution in [0.3, 0.4) is 0 Å². The van der Waals surface area contributed by atoms with Crippen molar-refractivity contribution in [3.63, 3.8) is 0 Å². The molecule has 0 spiro atoms. The molecule has 2 aliphatic rings. The zero-order valence-corrected chi connectivity index (χ0v) is 13.9. The van der Waals surface area contributed by atoms with Crippen molar-refractivity contribution < 1.29 is 14.4 Å². The Kier molecular flexibility index (Phi) is 5.06.